The molecule has 0 aliphatic carbocycles. The lowest BCUT2D eigenvalue weighted by atomic mass is 10.0. The van der Waals surface area contributed by atoms with E-state index in [1.165, 1.54) is 5.56 Å². The van der Waals surface area contributed by atoms with Gasteiger partial charge in [-0.25, -0.2) is 0 Å². The van der Waals surface area contributed by atoms with E-state index in [0.717, 1.165) is 22.2 Å². The van der Waals surface area contributed by atoms with Gasteiger partial charge < -0.3 is 10.3 Å². The molecule has 3 rings (SSSR count). The molecule has 3 aromatic rings. The van der Waals surface area contributed by atoms with Gasteiger partial charge in [0, 0.05) is 28.4 Å². The number of hydrogen-bond acceptors (Lipinski definition) is 2. The highest BCUT2D eigenvalue weighted by molar-refractivity contribution is 6.09. The van der Waals surface area contributed by atoms with Crippen LogP contribution >= 0.6 is 0 Å². The van der Waals surface area contributed by atoms with Crippen molar-refractivity contribution in [3.05, 3.63) is 65.9 Å². The van der Waals surface area contributed by atoms with Crippen LogP contribution in [0.4, 0.5) is 5.69 Å². The van der Waals surface area contributed by atoms with Gasteiger partial charge in [0.15, 0.2) is 5.78 Å². The summed E-state index contributed by atoms with van der Waals surface area (Å²) in [4.78, 5) is 15.5. The lowest BCUT2D eigenvalue weighted by Crippen LogP contribution is -2.13. The molecule has 0 unspecified atom stereocenters. The predicted octanol–water partition coefficient (Wildman–Crippen LogP) is 4.59. The minimum Gasteiger partial charge on any atom is -0.378 e. The molecule has 0 spiro atoms. The van der Waals surface area contributed by atoms with E-state index < -0.39 is 0 Å². The third-order valence-corrected chi connectivity index (χ3v) is 3.92. The Balaban J connectivity index is 1.69. The fourth-order valence-corrected chi connectivity index (χ4v) is 2.57. The molecule has 0 saturated carbocycles. The molecule has 112 valence electrons. The Bertz CT molecular complexity index is 785. The summed E-state index contributed by atoms with van der Waals surface area (Å²) >= 11 is 0. The second-order valence-corrected chi connectivity index (χ2v) is 5.80. The highest BCUT2D eigenvalue weighted by Crippen LogP contribution is 2.19. The maximum atomic E-state index is 12.4. The van der Waals surface area contributed by atoms with E-state index >= 15 is 0 Å². The molecule has 0 bridgehead atoms. The van der Waals surface area contributed by atoms with Crippen LogP contribution in [0.5, 0.6) is 0 Å². The Hall–Kier alpha value is -2.55. The number of para-hydroxylation sites is 1. The van der Waals surface area contributed by atoms with E-state index in [9.17, 15) is 4.79 Å². The summed E-state index contributed by atoms with van der Waals surface area (Å²) in [5, 5.41) is 4.18. The van der Waals surface area contributed by atoms with Gasteiger partial charge in [-0.3, -0.25) is 4.79 Å². The molecule has 0 saturated heterocycles. The van der Waals surface area contributed by atoms with Gasteiger partial charge >= 0.3 is 0 Å². The number of carbonyl (C=O) groups is 1. The Morgan fingerprint density at radius 3 is 2.55 bits per heavy atom. The average molecular weight is 292 g/mol. The number of anilines is 1. The van der Waals surface area contributed by atoms with Crippen molar-refractivity contribution in [3.63, 3.8) is 0 Å². The minimum absolute atomic E-state index is 0.0883. The van der Waals surface area contributed by atoms with E-state index in [1.807, 2.05) is 36.4 Å². The van der Waals surface area contributed by atoms with Crippen LogP contribution in [0, 0.1) is 0 Å². The van der Waals surface area contributed by atoms with Crippen LogP contribution in [-0.4, -0.2) is 17.3 Å². The fraction of sp³-hybridized carbons (Fsp3) is 0.211. The van der Waals surface area contributed by atoms with E-state index in [-0.39, 0.29) is 5.78 Å². The molecule has 0 amide bonds. The molecule has 2 aromatic carbocycles. The van der Waals surface area contributed by atoms with Crippen LogP contribution in [-0.2, 0) is 0 Å². The summed E-state index contributed by atoms with van der Waals surface area (Å²) < 4.78 is 0. The van der Waals surface area contributed by atoms with E-state index in [2.05, 4.69) is 36.3 Å². The van der Waals surface area contributed by atoms with E-state index in [0.29, 0.717) is 12.5 Å². The number of fused-ring (bicyclic) bond motifs is 1. The highest BCUT2D eigenvalue weighted by atomic mass is 16.1. The van der Waals surface area contributed by atoms with Crippen molar-refractivity contribution < 1.29 is 4.79 Å². The number of rotatable bonds is 5. The molecule has 1 aromatic heterocycles. The Morgan fingerprint density at radius 2 is 1.82 bits per heavy atom. The zero-order valence-corrected chi connectivity index (χ0v) is 12.9. The largest absolute Gasteiger partial charge is 0.378 e. The number of H-pyrrole nitrogens is 1. The molecular formula is C19H20N2O. The molecule has 1 heterocycles. The summed E-state index contributed by atoms with van der Waals surface area (Å²) in [7, 11) is 0. The number of ketones is 1. The van der Waals surface area contributed by atoms with Gasteiger partial charge in [0.2, 0.25) is 0 Å². The first-order chi connectivity index (χ1) is 10.6. The maximum absolute atomic E-state index is 12.4. The summed E-state index contributed by atoms with van der Waals surface area (Å²) in [6, 6.07) is 16.1. The van der Waals surface area contributed by atoms with Crippen LogP contribution < -0.4 is 5.32 Å². The number of aromatic nitrogens is 1. The number of nitrogens with one attached hydrogen (secondary N) is 2. The third-order valence-electron chi connectivity index (χ3n) is 3.92. The number of aromatic amines is 1. The molecule has 0 fully saturated rings. The van der Waals surface area contributed by atoms with Gasteiger partial charge in [-0.15, -0.1) is 0 Å². The van der Waals surface area contributed by atoms with Crippen molar-refractivity contribution in [3.8, 4) is 0 Å². The van der Waals surface area contributed by atoms with Crippen LogP contribution in [0.25, 0.3) is 10.9 Å². The molecule has 0 aliphatic heterocycles. The van der Waals surface area contributed by atoms with Crippen LogP contribution in [0.3, 0.4) is 0 Å². The van der Waals surface area contributed by atoms with Gasteiger partial charge in [0.1, 0.15) is 0 Å². The number of benzene rings is 2. The number of Topliss-reactive ketones (excluding diaryl/α,β-unsaturated/α-hetero) is 1. The van der Waals surface area contributed by atoms with E-state index in [1.54, 1.807) is 6.20 Å². The Kier molecular flexibility index (Phi) is 3.96. The minimum atomic E-state index is 0.0883. The van der Waals surface area contributed by atoms with Gasteiger partial charge in [-0.2, -0.15) is 0 Å². The van der Waals surface area contributed by atoms with Crippen molar-refractivity contribution >= 4 is 22.4 Å². The maximum Gasteiger partial charge on any atom is 0.183 e. The normalized spacial score (nSPS) is 11.0. The van der Waals surface area contributed by atoms with Crippen molar-refractivity contribution in [2.24, 2.45) is 0 Å². The highest BCUT2D eigenvalue weighted by Gasteiger charge is 2.11. The lowest BCUT2D eigenvalue weighted by Gasteiger charge is -2.08. The van der Waals surface area contributed by atoms with Crippen LogP contribution in [0.15, 0.2) is 54.7 Å². The molecule has 3 heteroatoms. The fourth-order valence-electron chi connectivity index (χ4n) is 2.57. The van der Waals surface area contributed by atoms with Gasteiger partial charge in [0.25, 0.3) is 0 Å². The number of carbonyl (C=O) groups excluding carboxylic acids is 1. The monoisotopic (exact) mass is 292 g/mol. The Morgan fingerprint density at radius 1 is 1.09 bits per heavy atom. The average Bonchev–Trinajstić information content (AvgIpc) is 2.97. The first kappa shape index (κ1) is 14.4. The van der Waals surface area contributed by atoms with Gasteiger partial charge in [0.05, 0.1) is 6.54 Å². The quantitative estimate of drug-likeness (QED) is 0.676. The summed E-state index contributed by atoms with van der Waals surface area (Å²) in [6.07, 6.45) is 1.79. The molecule has 0 aliphatic rings. The summed E-state index contributed by atoms with van der Waals surface area (Å²) in [5.74, 6) is 0.604. The molecular weight excluding hydrogens is 272 g/mol. The SMILES string of the molecule is CC(C)c1ccc(NCC(=O)c2c[nH]c3ccccc23)cc1. The number of hydrogen-bond donors (Lipinski definition) is 2. The summed E-state index contributed by atoms with van der Waals surface area (Å²) in [6.45, 7) is 4.63. The van der Waals surface area contributed by atoms with Crippen molar-refractivity contribution in [2.75, 3.05) is 11.9 Å². The first-order valence-electron chi connectivity index (χ1n) is 7.58. The topological polar surface area (TPSA) is 44.9 Å². The zero-order valence-electron chi connectivity index (χ0n) is 12.9. The summed E-state index contributed by atoms with van der Waals surface area (Å²) in [5.41, 5.74) is 4.00. The molecule has 2 N–H and O–H groups in total. The standard InChI is InChI=1S/C19H20N2O/c1-13(2)14-7-9-15(10-8-14)20-12-19(22)17-11-21-18-6-4-3-5-16(17)18/h3-11,13,20-21H,12H2,1-2H3. The van der Waals surface area contributed by atoms with Crippen molar-refractivity contribution in [1.82, 2.24) is 4.98 Å². The van der Waals surface area contributed by atoms with Gasteiger partial charge in [-0.05, 0) is 29.7 Å². The van der Waals surface area contributed by atoms with Crippen molar-refractivity contribution in [1.29, 1.82) is 0 Å². The smallest absolute Gasteiger partial charge is 0.183 e. The lowest BCUT2D eigenvalue weighted by molar-refractivity contribution is 0.101. The first-order valence-corrected chi connectivity index (χ1v) is 7.58. The third kappa shape index (κ3) is 2.89. The molecule has 22 heavy (non-hydrogen) atoms. The van der Waals surface area contributed by atoms with E-state index in [4.69, 9.17) is 0 Å². The predicted molar refractivity (Wildman–Crippen MR) is 91.6 cm³/mol. The molecule has 0 radical (unpaired) electrons. The van der Waals surface area contributed by atoms with Crippen molar-refractivity contribution in [2.45, 2.75) is 19.8 Å². The molecule has 3 nitrogen and oxygen atoms in total. The molecule has 0 atom stereocenters. The zero-order chi connectivity index (χ0) is 15.5. The van der Waals surface area contributed by atoms with Gasteiger partial charge in [-0.1, -0.05) is 44.2 Å². The second-order valence-electron chi connectivity index (χ2n) is 5.80. The van der Waals surface area contributed by atoms with Crippen LogP contribution in [0.2, 0.25) is 0 Å². The van der Waals surface area contributed by atoms with Crippen LogP contribution in [0.1, 0.15) is 35.7 Å². The second kappa shape index (κ2) is 6.06. The Labute approximate surface area is 130 Å².